The van der Waals surface area contributed by atoms with Crippen molar-refractivity contribution in [2.24, 2.45) is 0 Å². The van der Waals surface area contributed by atoms with Crippen LogP contribution in [0.3, 0.4) is 0 Å². The fourth-order valence-electron chi connectivity index (χ4n) is 2.60. The molecule has 0 saturated carbocycles. The van der Waals surface area contributed by atoms with E-state index in [1.807, 2.05) is 18.2 Å². The number of carbonyl (C=O) groups excluding carboxylic acids is 2. The van der Waals surface area contributed by atoms with E-state index in [-0.39, 0.29) is 11.3 Å². The third-order valence-corrected chi connectivity index (χ3v) is 4.09. The van der Waals surface area contributed by atoms with Gasteiger partial charge in [0.25, 0.3) is 5.91 Å². The molecule has 0 aromatic heterocycles. The molecule has 2 N–H and O–H groups in total. The molecule has 3 aromatic rings. The molecular weight excluding hydrogens is 352 g/mol. The molecule has 0 radical (unpaired) electrons. The standard InChI is InChI=1S/C20H17ClN2O3/c1-2-22-20(25)26-17-12-11-13-7-3-4-8-14(13)18(17)19(24)23-16-10-6-5-9-15(16)21/h3-12H,2H2,1H3,(H,22,25)(H,23,24). The molecule has 0 saturated heterocycles. The zero-order valence-corrected chi connectivity index (χ0v) is 14.8. The van der Waals surface area contributed by atoms with E-state index in [4.69, 9.17) is 16.3 Å². The largest absolute Gasteiger partial charge is 0.412 e. The summed E-state index contributed by atoms with van der Waals surface area (Å²) in [7, 11) is 0. The molecule has 0 aliphatic heterocycles. The molecule has 0 heterocycles. The summed E-state index contributed by atoms with van der Waals surface area (Å²) in [5.74, 6) is -0.228. The van der Waals surface area contributed by atoms with E-state index in [2.05, 4.69) is 10.6 Å². The van der Waals surface area contributed by atoms with E-state index >= 15 is 0 Å². The molecule has 0 fully saturated rings. The number of ether oxygens (including phenoxy) is 1. The van der Waals surface area contributed by atoms with Crippen LogP contribution < -0.4 is 15.4 Å². The number of rotatable bonds is 4. The van der Waals surface area contributed by atoms with Crippen molar-refractivity contribution in [3.63, 3.8) is 0 Å². The first-order valence-electron chi connectivity index (χ1n) is 8.13. The number of hydrogen-bond acceptors (Lipinski definition) is 3. The van der Waals surface area contributed by atoms with Crippen LogP contribution in [0, 0.1) is 0 Å². The minimum Gasteiger partial charge on any atom is -0.409 e. The average molecular weight is 369 g/mol. The Morgan fingerprint density at radius 1 is 1.00 bits per heavy atom. The smallest absolute Gasteiger partial charge is 0.409 e. The Bertz CT molecular complexity index is 972. The van der Waals surface area contributed by atoms with Crippen molar-refractivity contribution < 1.29 is 14.3 Å². The van der Waals surface area contributed by atoms with Crippen LogP contribution in [0.2, 0.25) is 5.02 Å². The van der Waals surface area contributed by atoms with Crippen molar-refractivity contribution in [2.45, 2.75) is 6.92 Å². The number of nitrogens with one attached hydrogen (secondary N) is 2. The van der Waals surface area contributed by atoms with Crippen molar-refractivity contribution in [3.05, 3.63) is 71.2 Å². The third-order valence-electron chi connectivity index (χ3n) is 3.76. The molecule has 132 valence electrons. The molecule has 0 aliphatic rings. The van der Waals surface area contributed by atoms with Gasteiger partial charge in [0.2, 0.25) is 0 Å². The summed E-state index contributed by atoms with van der Waals surface area (Å²) in [4.78, 5) is 24.8. The Kier molecular flexibility index (Phi) is 5.39. The van der Waals surface area contributed by atoms with Crippen LogP contribution >= 0.6 is 11.6 Å². The monoisotopic (exact) mass is 368 g/mol. The third kappa shape index (κ3) is 3.78. The molecule has 0 bridgehead atoms. The number of anilines is 1. The zero-order chi connectivity index (χ0) is 18.5. The van der Waals surface area contributed by atoms with Gasteiger partial charge in [-0.2, -0.15) is 0 Å². The van der Waals surface area contributed by atoms with E-state index in [0.717, 1.165) is 5.39 Å². The highest BCUT2D eigenvalue weighted by Crippen LogP contribution is 2.30. The van der Waals surface area contributed by atoms with E-state index in [0.29, 0.717) is 22.6 Å². The highest BCUT2D eigenvalue weighted by molar-refractivity contribution is 6.34. The van der Waals surface area contributed by atoms with Gasteiger partial charge in [-0.05, 0) is 35.9 Å². The number of fused-ring (bicyclic) bond motifs is 1. The lowest BCUT2D eigenvalue weighted by Gasteiger charge is -2.14. The van der Waals surface area contributed by atoms with Gasteiger partial charge in [-0.3, -0.25) is 4.79 Å². The van der Waals surface area contributed by atoms with Gasteiger partial charge in [0, 0.05) is 6.54 Å². The SMILES string of the molecule is CCNC(=O)Oc1ccc2ccccc2c1C(=O)Nc1ccccc1Cl. The number of carbonyl (C=O) groups is 2. The van der Waals surface area contributed by atoms with E-state index in [9.17, 15) is 9.59 Å². The first-order valence-corrected chi connectivity index (χ1v) is 8.51. The van der Waals surface area contributed by atoms with Crippen LogP contribution in [0.4, 0.5) is 10.5 Å². The van der Waals surface area contributed by atoms with Gasteiger partial charge in [0.05, 0.1) is 16.3 Å². The van der Waals surface area contributed by atoms with Crippen LogP contribution in [0.5, 0.6) is 5.75 Å². The summed E-state index contributed by atoms with van der Waals surface area (Å²) in [5.41, 5.74) is 0.755. The number of amides is 2. The summed E-state index contributed by atoms with van der Waals surface area (Å²) in [6.45, 7) is 2.21. The van der Waals surface area contributed by atoms with Crippen molar-refractivity contribution >= 4 is 40.1 Å². The van der Waals surface area contributed by atoms with Crippen LogP contribution in [0.15, 0.2) is 60.7 Å². The lowest BCUT2D eigenvalue weighted by Crippen LogP contribution is -2.27. The molecule has 2 amide bonds. The van der Waals surface area contributed by atoms with E-state index in [1.54, 1.807) is 49.4 Å². The molecule has 3 aromatic carbocycles. The van der Waals surface area contributed by atoms with Gasteiger partial charge >= 0.3 is 6.09 Å². The molecule has 26 heavy (non-hydrogen) atoms. The summed E-state index contributed by atoms with van der Waals surface area (Å²) < 4.78 is 5.34. The molecule has 0 atom stereocenters. The van der Waals surface area contributed by atoms with Gasteiger partial charge in [-0.15, -0.1) is 0 Å². The van der Waals surface area contributed by atoms with Crippen molar-refractivity contribution in [3.8, 4) is 5.75 Å². The van der Waals surface area contributed by atoms with E-state index < -0.39 is 12.0 Å². The van der Waals surface area contributed by atoms with Crippen LogP contribution in [-0.4, -0.2) is 18.5 Å². The summed E-state index contributed by atoms with van der Waals surface area (Å²) in [5, 5.41) is 7.30. The lowest BCUT2D eigenvalue weighted by molar-refractivity contribution is 0.102. The maximum atomic E-state index is 13.0. The summed E-state index contributed by atoms with van der Waals surface area (Å²) in [6.07, 6.45) is -0.616. The van der Waals surface area contributed by atoms with Crippen molar-refractivity contribution in [2.75, 3.05) is 11.9 Å². The van der Waals surface area contributed by atoms with Gasteiger partial charge in [0.15, 0.2) is 0 Å². The predicted molar refractivity (Wildman–Crippen MR) is 103 cm³/mol. The Hall–Kier alpha value is -3.05. The van der Waals surface area contributed by atoms with E-state index in [1.165, 1.54) is 0 Å². The van der Waals surface area contributed by atoms with Crippen molar-refractivity contribution in [1.82, 2.24) is 5.32 Å². The second-order valence-corrected chi connectivity index (χ2v) is 5.92. The fourth-order valence-corrected chi connectivity index (χ4v) is 2.78. The molecule has 0 aliphatic carbocycles. The Labute approximate surface area is 155 Å². The average Bonchev–Trinajstić information content (AvgIpc) is 2.63. The molecule has 0 spiro atoms. The zero-order valence-electron chi connectivity index (χ0n) is 14.1. The Morgan fingerprint density at radius 2 is 1.73 bits per heavy atom. The minimum atomic E-state index is -0.616. The topological polar surface area (TPSA) is 67.4 Å². The second kappa shape index (κ2) is 7.89. The quantitative estimate of drug-likeness (QED) is 0.691. The van der Waals surface area contributed by atoms with Gasteiger partial charge < -0.3 is 15.4 Å². The number of halogens is 1. The van der Waals surface area contributed by atoms with Crippen LogP contribution in [0.1, 0.15) is 17.3 Å². The van der Waals surface area contributed by atoms with Crippen LogP contribution in [0.25, 0.3) is 10.8 Å². The molecule has 3 rings (SSSR count). The normalized spacial score (nSPS) is 10.4. The molecular formula is C20H17ClN2O3. The number of hydrogen-bond donors (Lipinski definition) is 2. The van der Waals surface area contributed by atoms with Gasteiger partial charge in [-0.25, -0.2) is 4.79 Å². The maximum absolute atomic E-state index is 13.0. The van der Waals surface area contributed by atoms with Gasteiger partial charge in [0.1, 0.15) is 5.75 Å². The van der Waals surface area contributed by atoms with Gasteiger partial charge in [-0.1, -0.05) is 54.1 Å². The molecule has 0 unspecified atom stereocenters. The summed E-state index contributed by atoms with van der Waals surface area (Å²) >= 11 is 6.13. The minimum absolute atomic E-state index is 0.180. The number of benzene rings is 3. The predicted octanol–water partition coefficient (Wildman–Crippen LogP) is 4.85. The molecule has 5 nitrogen and oxygen atoms in total. The highest BCUT2D eigenvalue weighted by Gasteiger charge is 2.19. The second-order valence-electron chi connectivity index (χ2n) is 5.51. The lowest BCUT2D eigenvalue weighted by atomic mass is 10.0. The fraction of sp³-hybridized carbons (Fsp3) is 0.100. The van der Waals surface area contributed by atoms with Crippen molar-refractivity contribution in [1.29, 1.82) is 0 Å². The Morgan fingerprint density at radius 3 is 2.50 bits per heavy atom. The highest BCUT2D eigenvalue weighted by atomic mass is 35.5. The Balaban J connectivity index is 2.04. The van der Waals surface area contributed by atoms with Crippen LogP contribution in [-0.2, 0) is 0 Å². The maximum Gasteiger partial charge on any atom is 0.412 e. The number of para-hydroxylation sites is 1. The first kappa shape index (κ1) is 17.8. The molecule has 6 heteroatoms. The first-order chi connectivity index (χ1) is 12.6. The summed E-state index contributed by atoms with van der Waals surface area (Å²) in [6, 6.07) is 17.7.